The Morgan fingerprint density at radius 3 is 2.69 bits per heavy atom. The predicted octanol–water partition coefficient (Wildman–Crippen LogP) is 3.10. The quantitative estimate of drug-likeness (QED) is 0.594. The lowest BCUT2D eigenvalue weighted by Gasteiger charge is -2.39. The van der Waals surface area contributed by atoms with Gasteiger partial charge in [-0.05, 0) is 38.0 Å². The number of anilines is 1. The molecule has 0 radical (unpaired) electrons. The molecule has 0 aliphatic carbocycles. The molecule has 1 aromatic carbocycles. The summed E-state index contributed by atoms with van der Waals surface area (Å²) in [5.74, 6) is -2.15. The van der Waals surface area contributed by atoms with E-state index < -0.39 is 35.9 Å². The minimum Gasteiger partial charge on any atom is -0.478 e. The summed E-state index contributed by atoms with van der Waals surface area (Å²) in [7, 11) is 0. The van der Waals surface area contributed by atoms with Crippen molar-refractivity contribution in [1.29, 1.82) is 0 Å². The molecule has 1 fully saturated rings. The first-order valence-corrected chi connectivity index (χ1v) is 10.3. The van der Waals surface area contributed by atoms with Gasteiger partial charge in [0.15, 0.2) is 11.5 Å². The first-order chi connectivity index (χ1) is 15.1. The van der Waals surface area contributed by atoms with Crippen molar-refractivity contribution in [3.8, 4) is 0 Å². The summed E-state index contributed by atoms with van der Waals surface area (Å²) in [4.78, 5) is 31.8. The Morgan fingerprint density at radius 1 is 1.34 bits per heavy atom. The number of nitrogens with one attached hydrogen (secondary N) is 2. The molecule has 2 aromatic rings. The van der Waals surface area contributed by atoms with Gasteiger partial charge >= 0.3 is 12.1 Å². The van der Waals surface area contributed by atoms with Crippen LogP contribution in [-0.2, 0) is 17.3 Å². The van der Waals surface area contributed by atoms with Crippen molar-refractivity contribution in [1.82, 2.24) is 15.3 Å². The van der Waals surface area contributed by atoms with Crippen LogP contribution in [0.4, 0.5) is 18.9 Å². The molecule has 1 aromatic heterocycles. The fourth-order valence-electron chi connectivity index (χ4n) is 3.78. The molecule has 0 bridgehead atoms. The van der Waals surface area contributed by atoms with E-state index in [0.29, 0.717) is 31.8 Å². The van der Waals surface area contributed by atoms with E-state index in [1.165, 1.54) is 6.07 Å². The smallest absolute Gasteiger partial charge is 0.435 e. The Labute approximate surface area is 182 Å². The lowest BCUT2D eigenvalue weighted by molar-refractivity contribution is -0.141. The molecule has 3 N–H and O–H groups in total. The van der Waals surface area contributed by atoms with E-state index >= 15 is 0 Å². The molecule has 2 atom stereocenters. The molecule has 1 aliphatic heterocycles. The molecular formula is C21H25F3N4O4. The number of halogens is 3. The fraction of sp³-hybridized carbons (Fsp3) is 0.476. The summed E-state index contributed by atoms with van der Waals surface area (Å²) in [6.07, 6.45) is -4.57. The molecule has 11 heteroatoms. The van der Waals surface area contributed by atoms with Gasteiger partial charge in [-0.15, -0.1) is 0 Å². The first kappa shape index (κ1) is 23.6. The van der Waals surface area contributed by atoms with Crippen LogP contribution >= 0.6 is 0 Å². The number of aromatic carboxylic acids is 1. The van der Waals surface area contributed by atoms with Crippen molar-refractivity contribution in [3.63, 3.8) is 0 Å². The van der Waals surface area contributed by atoms with E-state index in [2.05, 4.69) is 15.3 Å². The third-order valence-corrected chi connectivity index (χ3v) is 5.33. The molecule has 0 saturated carbocycles. The highest BCUT2D eigenvalue weighted by Crippen LogP contribution is 2.31. The maximum absolute atomic E-state index is 13.1. The fourth-order valence-corrected chi connectivity index (χ4v) is 3.78. The Bertz CT molecular complexity index is 976. The first-order valence-electron chi connectivity index (χ1n) is 10.3. The number of H-pyrrole nitrogens is 1. The van der Waals surface area contributed by atoms with Crippen LogP contribution < -0.4 is 10.2 Å². The van der Waals surface area contributed by atoms with Crippen molar-refractivity contribution in [2.45, 2.75) is 45.0 Å². The third kappa shape index (κ3) is 5.21. The predicted molar refractivity (Wildman–Crippen MR) is 110 cm³/mol. The van der Waals surface area contributed by atoms with Gasteiger partial charge in [0.05, 0.1) is 17.7 Å². The van der Waals surface area contributed by atoms with Gasteiger partial charge in [0, 0.05) is 31.1 Å². The number of alkyl halides is 3. The molecule has 3 rings (SSSR count). The normalized spacial score (nSPS) is 19.1. The lowest BCUT2D eigenvalue weighted by atomic mass is 10.0. The second-order valence-electron chi connectivity index (χ2n) is 7.43. The highest BCUT2D eigenvalue weighted by atomic mass is 19.4. The molecule has 174 valence electrons. The monoisotopic (exact) mass is 454 g/mol. The van der Waals surface area contributed by atoms with Gasteiger partial charge in [0.2, 0.25) is 0 Å². The zero-order valence-electron chi connectivity index (χ0n) is 17.7. The second-order valence-corrected chi connectivity index (χ2v) is 7.43. The van der Waals surface area contributed by atoms with E-state index in [1.807, 2.05) is 4.90 Å². The summed E-state index contributed by atoms with van der Waals surface area (Å²) >= 11 is 0. The zero-order chi connectivity index (χ0) is 23.5. The number of carbonyl (C=O) groups is 2. The molecule has 32 heavy (non-hydrogen) atoms. The SMILES string of the molecule is CCO[C@H]1CN(c2cccc(C(=O)O)c2)CCC1NC(=O)c1nc(C(F)(F)F)c(CC)[nH]1. The Kier molecular flexibility index (Phi) is 7.07. The van der Waals surface area contributed by atoms with E-state index in [9.17, 15) is 27.9 Å². The Balaban J connectivity index is 1.74. The summed E-state index contributed by atoms with van der Waals surface area (Å²) < 4.78 is 45.2. The van der Waals surface area contributed by atoms with Crippen LogP contribution in [0.2, 0.25) is 0 Å². The van der Waals surface area contributed by atoms with Gasteiger partial charge < -0.3 is 25.0 Å². The number of amides is 1. The topological polar surface area (TPSA) is 108 Å². The molecule has 8 nitrogen and oxygen atoms in total. The van der Waals surface area contributed by atoms with Gasteiger partial charge in [-0.3, -0.25) is 4.79 Å². The standard InChI is InChI=1S/C21H25F3N4O4/c1-3-14-17(21(22,23)24)27-18(25-14)19(29)26-15-8-9-28(11-16(15)32-4-2)13-7-5-6-12(10-13)20(30)31/h5-7,10,15-16H,3-4,8-9,11H2,1-2H3,(H,25,27)(H,26,29)(H,30,31)/t15?,16-/m0/s1. The van der Waals surface area contributed by atoms with Gasteiger partial charge in [-0.2, -0.15) is 13.2 Å². The number of hydrogen-bond donors (Lipinski definition) is 3. The number of hydrogen-bond acceptors (Lipinski definition) is 5. The van der Waals surface area contributed by atoms with Crippen LogP contribution in [0, 0.1) is 0 Å². The maximum atomic E-state index is 13.1. The van der Waals surface area contributed by atoms with Gasteiger partial charge in [-0.1, -0.05) is 13.0 Å². The third-order valence-electron chi connectivity index (χ3n) is 5.33. The summed E-state index contributed by atoms with van der Waals surface area (Å²) in [6, 6.07) is 6.08. The van der Waals surface area contributed by atoms with Crippen LogP contribution in [0.5, 0.6) is 0 Å². The molecule has 2 heterocycles. The molecule has 1 aliphatic rings. The van der Waals surface area contributed by atoms with Gasteiger partial charge in [0.1, 0.15) is 0 Å². The number of carboxylic acid groups (broad SMARTS) is 1. The lowest BCUT2D eigenvalue weighted by Crippen LogP contribution is -2.55. The van der Waals surface area contributed by atoms with E-state index in [4.69, 9.17) is 4.74 Å². The van der Waals surface area contributed by atoms with Crippen molar-refractivity contribution >= 4 is 17.6 Å². The minimum absolute atomic E-state index is 0.0600. The number of aromatic amines is 1. The number of nitrogens with zero attached hydrogens (tertiary/aromatic N) is 2. The number of aryl methyl sites for hydroxylation is 1. The average molecular weight is 454 g/mol. The highest BCUT2D eigenvalue weighted by Gasteiger charge is 2.38. The number of aromatic nitrogens is 2. The van der Waals surface area contributed by atoms with Crippen LogP contribution in [0.3, 0.4) is 0 Å². The number of imidazole rings is 1. The average Bonchev–Trinajstić information content (AvgIpc) is 3.20. The van der Waals surface area contributed by atoms with Gasteiger partial charge in [0.25, 0.3) is 5.91 Å². The van der Waals surface area contributed by atoms with Crippen LogP contribution in [-0.4, -0.2) is 58.8 Å². The molecule has 1 saturated heterocycles. The molecule has 1 amide bonds. The van der Waals surface area contributed by atoms with Crippen molar-refractivity contribution < 1.29 is 32.6 Å². The van der Waals surface area contributed by atoms with Crippen molar-refractivity contribution in [3.05, 3.63) is 47.0 Å². The molecule has 1 unspecified atom stereocenters. The van der Waals surface area contributed by atoms with Crippen molar-refractivity contribution in [2.24, 2.45) is 0 Å². The number of rotatable bonds is 7. The van der Waals surface area contributed by atoms with Crippen molar-refractivity contribution in [2.75, 3.05) is 24.6 Å². The number of benzene rings is 1. The number of piperidine rings is 1. The number of ether oxygens (including phenoxy) is 1. The molecular weight excluding hydrogens is 429 g/mol. The largest absolute Gasteiger partial charge is 0.478 e. The van der Waals surface area contributed by atoms with Crippen LogP contribution in [0.1, 0.15) is 52.6 Å². The zero-order valence-corrected chi connectivity index (χ0v) is 17.7. The summed E-state index contributed by atoms with van der Waals surface area (Å²) in [6.45, 7) is 4.61. The Morgan fingerprint density at radius 2 is 2.09 bits per heavy atom. The number of carbonyl (C=O) groups excluding carboxylic acids is 1. The maximum Gasteiger partial charge on any atom is 0.435 e. The van der Waals surface area contributed by atoms with E-state index in [1.54, 1.807) is 32.0 Å². The summed E-state index contributed by atoms with van der Waals surface area (Å²) in [5.41, 5.74) is -0.347. The summed E-state index contributed by atoms with van der Waals surface area (Å²) in [5, 5.41) is 12.0. The molecule has 0 spiro atoms. The van der Waals surface area contributed by atoms with Crippen LogP contribution in [0.25, 0.3) is 0 Å². The van der Waals surface area contributed by atoms with Gasteiger partial charge in [-0.25, -0.2) is 9.78 Å². The van der Waals surface area contributed by atoms with E-state index in [-0.39, 0.29) is 23.5 Å². The van der Waals surface area contributed by atoms with E-state index in [0.717, 1.165) is 0 Å². The number of carboxylic acids is 1. The highest BCUT2D eigenvalue weighted by molar-refractivity contribution is 5.91. The Hall–Kier alpha value is -3.08. The second kappa shape index (κ2) is 9.60. The minimum atomic E-state index is -4.65. The van der Waals surface area contributed by atoms with Crippen LogP contribution in [0.15, 0.2) is 24.3 Å².